The first-order valence-electron chi connectivity index (χ1n) is 4.46. The first-order chi connectivity index (χ1) is 6.40. The fraction of sp³-hybridized carbons (Fsp3) is 0.750. The summed E-state index contributed by atoms with van der Waals surface area (Å²) in [5.41, 5.74) is 7.35. The monoisotopic (exact) mass is 238 g/mol. The maximum Gasteiger partial charge on any atom is 0.256 e. The van der Waals surface area contributed by atoms with Gasteiger partial charge in [-0.1, -0.05) is 13.8 Å². The lowest BCUT2D eigenvalue weighted by atomic mass is 10.0. The highest BCUT2D eigenvalue weighted by Crippen LogP contribution is 2.01. The van der Waals surface area contributed by atoms with E-state index in [9.17, 15) is 9.59 Å². The van der Waals surface area contributed by atoms with Crippen molar-refractivity contribution in [3.05, 3.63) is 0 Å². The Hall–Kier alpha value is -0.850. The Kier molecular flexibility index (Phi) is 8.22. The molecule has 15 heavy (non-hydrogen) atoms. The van der Waals surface area contributed by atoms with Gasteiger partial charge in [-0.3, -0.25) is 15.0 Å². The number of amides is 2. The molecule has 0 rings (SSSR count). The zero-order valence-corrected chi connectivity index (χ0v) is 9.93. The molecule has 0 saturated heterocycles. The fourth-order valence-electron chi connectivity index (χ4n) is 0.909. The summed E-state index contributed by atoms with van der Waals surface area (Å²) >= 11 is 0. The number of rotatable bonds is 4. The van der Waals surface area contributed by atoms with Crippen LogP contribution in [-0.4, -0.2) is 23.9 Å². The first kappa shape index (κ1) is 16.6. The van der Waals surface area contributed by atoms with E-state index in [1.54, 1.807) is 20.8 Å². The quantitative estimate of drug-likeness (QED) is 0.283. The fourth-order valence-corrected chi connectivity index (χ4v) is 0.909. The predicted octanol–water partition coefficient (Wildman–Crippen LogP) is -1.11. The Morgan fingerprint density at radius 2 is 1.60 bits per heavy atom. The molecule has 0 aliphatic rings. The molecule has 0 aromatic rings. The van der Waals surface area contributed by atoms with Crippen molar-refractivity contribution in [1.29, 1.82) is 0 Å². The average molecular weight is 239 g/mol. The first-order valence-corrected chi connectivity index (χ1v) is 4.46. The molecule has 0 aliphatic heterocycles. The number of hydrogen-bond acceptors (Lipinski definition) is 4. The van der Waals surface area contributed by atoms with E-state index in [0.717, 1.165) is 0 Å². The van der Waals surface area contributed by atoms with Crippen molar-refractivity contribution in [3.8, 4) is 0 Å². The van der Waals surface area contributed by atoms with Gasteiger partial charge in [-0.25, -0.2) is 5.84 Å². The molecule has 0 aromatic carbocycles. The standard InChI is InChI=1S/C8H18N4O2.ClH/c1-4(2)6(8(14)12-10)11-7(13)5(3)9;/h4-6H,9-10H2,1-3H3,(H,11,13)(H,12,14);1H. The maximum absolute atomic E-state index is 11.2. The molecule has 0 aliphatic carbocycles. The molecule has 2 amide bonds. The van der Waals surface area contributed by atoms with Gasteiger partial charge in [0.05, 0.1) is 6.04 Å². The third kappa shape index (κ3) is 5.56. The van der Waals surface area contributed by atoms with Crippen molar-refractivity contribution in [2.45, 2.75) is 32.9 Å². The SMILES string of the molecule is CC(N)C(=O)NC(C(=O)NN)C(C)C.Cl. The number of nitrogens with one attached hydrogen (secondary N) is 2. The number of halogens is 1. The van der Waals surface area contributed by atoms with Crippen LogP contribution in [0.2, 0.25) is 0 Å². The third-order valence-electron chi connectivity index (χ3n) is 1.80. The molecule has 0 spiro atoms. The number of carbonyl (C=O) groups excluding carboxylic acids is 2. The molecule has 0 fully saturated rings. The van der Waals surface area contributed by atoms with Gasteiger partial charge in [0.25, 0.3) is 5.91 Å². The molecule has 0 bridgehead atoms. The molecule has 0 aromatic heterocycles. The van der Waals surface area contributed by atoms with Crippen LogP contribution >= 0.6 is 12.4 Å². The van der Waals surface area contributed by atoms with Crippen LogP contribution in [0, 0.1) is 5.92 Å². The molecule has 6 N–H and O–H groups in total. The van der Waals surface area contributed by atoms with Crippen LogP contribution in [0.5, 0.6) is 0 Å². The highest BCUT2D eigenvalue weighted by Gasteiger charge is 2.24. The second-order valence-electron chi connectivity index (χ2n) is 3.53. The summed E-state index contributed by atoms with van der Waals surface area (Å²) in [5, 5.41) is 2.51. The van der Waals surface area contributed by atoms with E-state index in [4.69, 9.17) is 11.6 Å². The van der Waals surface area contributed by atoms with Crippen LogP contribution in [0.25, 0.3) is 0 Å². The third-order valence-corrected chi connectivity index (χ3v) is 1.80. The van der Waals surface area contributed by atoms with E-state index in [-0.39, 0.29) is 24.2 Å². The highest BCUT2D eigenvalue weighted by molar-refractivity contribution is 5.89. The summed E-state index contributed by atoms with van der Waals surface area (Å²) in [7, 11) is 0. The van der Waals surface area contributed by atoms with Gasteiger partial charge in [-0.05, 0) is 12.8 Å². The maximum atomic E-state index is 11.2. The van der Waals surface area contributed by atoms with E-state index >= 15 is 0 Å². The van der Waals surface area contributed by atoms with Crippen molar-refractivity contribution in [2.75, 3.05) is 0 Å². The van der Waals surface area contributed by atoms with E-state index in [1.165, 1.54) is 0 Å². The molecule has 2 atom stereocenters. The minimum Gasteiger partial charge on any atom is -0.343 e. The van der Waals surface area contributed by atoms with Crippen LogP contribution in [0.1, 0.15) is 20.8 Å². The Morgan fingerprint density at radius 3 is 1.87 bits per heavy atom. The van der Waals surface area contributed by atoms with Crippen molar-refractivity contribution in [2.24, 2.45) is 17.5 Å². The topological polar surface area (TPSA) is 110 Å². The summed E-state index contributed by atoms with van der Waals surface area (Å²) in [6, 6.07) is -1.28. The zero-order valence-electron chi connectivity index (χ0n) is 9.11. The van der Waals surface area contributed by atoms with Gasteiger partial charge < -0.3 is 11.1 Å². The van der Waals surface area contributed by atoms with Gasteiger partial charge >= 0.3 is 0 Å². The van der Waals surface area contributed by atoms with Gasteiger partial charge in [-0.2, -0.15) is 0 Å². The summed E-state index contributed by atoms with van der Waals surface area (Å²) in [5.74, 6) is 4.15. The van der Waals surface area contributed by atoms with Gasteiger partial charge in [0.2, 0.25) is 5.91 Å². The summed E-state index contributed by atoms with van der Waals surface area (Å²) in [4.78, 5) is 22.4. The largest absolute Gasteiger partial charge is 0.343 e. The van der Waals surface area contributed by atoms with Gasteiger partial charge in [0.15, 0.2) is 0 Å². The molecule has 0 heterocycles. The molecule has 0 saturated carbocycles. The van der Waals surface area contributed by atoms with Crippen molar-refractivity contribution in [1.82, 2.24) is 10.7 Å². The predicted molar refractivity (Wildman–Crippen MR) is 60.0 cm³/mol. The van der Waals surface area contributed by atoms with Crippen molar-refractivity contribution < 1.29 is 9.59 Å². The van der Waals surface area contributed by atoms with E-state index in [0.29, 0.717) is 0 Å². The summed E-state index contributed by atoms with van der Waals surface area (Å²) in [6.07, 6.45) is 0. The normalized spacial score (nSPS) is 13.7. The number of carbonyl (C=O) groups is 2. The minimum absolute atomic E-state index is 0. The molecule has 6 nitrogen and oxygen atoms in total. The van der Waals surface area contributed by atoms with Crippen LogP contribution in [-0.2, 0) is 9.59 Å². The zero-order chi connectivity index (χ0) is 11.3. The van der Waals surface area contributed by atoms with Gasteiger partial charge in [-0.15, -0.1) is 12.4 Å². The molecular weight excluding hydrogens is 220 g/mol. The Bertz CT molecular complexity index is 221. The van der Waals surface area contributed by atoms with Gasteiger partial charge in [0, 0.05) is 0 Å². The van der Waals surface area contributed by atoms with Gasteiger partial charge in [0.1, 0.15) is 6.04 Å². The molecule has 7 heteroatoms. The molecule has 90 valence electrons. The van der Waals surface area contributed by atoms with Crippen LogP contribution in [0.4, 0.5) is 0 Å². The number of hydrazine groups is 1. The molecule has 2 unspecified atom stereocenters. The van der Waals surface area contributed by atoms with E-state index in [2.05, 4.69) is 5.32 Å². The van der Waals surface area contributed by atoms with Crippen molar-refractivity contribution in [3.63, 3.8) is 0 Å². The smallest absolute Gasteiger partial charge is 0.256 e. The lowest BCUT2D eigenvalue weighted by molar-refractivity contribution is -0.130. The van der Waals surface area contributed by atoms with Crippen LogP contribution in [0.15, 0.2) is 0 Å². The number of hydrogen-bond donors (Lipinski definition) is 4. The van der Waals surface area contributed by atoms with E-state index in [1.807, 2.05) is 5.43 Å². The van der Waals surface area contributed by atoms with Crippen LogP contribution < -0.4 is 22.3 Å². The number of nitrogens with two attached hydrogens (primary N) is 2. The summed E-state index contributed by atoms with van der Waals surface area (Å²) in [6.45, 7) is 5.16. The highest BCUT2D eigenvalue weighted by atomic mass is 35.5. The Balaban J connectivity index is 0. The lowest BCUT2D eigenvalue weighted by Crippen LogP contribution is -2.54. The summed E-state index contributed by atoms with van der Waals surface area (Å²) < 4.78 is 0. The second kappa shape index (κ2) is 7.44. The second-order valence-corrected chi connectivity index (χ2v) is 3.53. The minimum atomic E-state index is -0.640. The average Bonchev–Trinajstić information content (AvgIpc) is 2.11. The van der Waals surface area contributed by atoms with E-state index < -0.39 is 18.0 Å². The molecular formula is C8H19ClN4O2. The van der Waals surface area contributed by atoms with Crippen molar-refractivity contribution >= 4 is 24.2 Å². The Labute approximate surface area is 95.5 Å². The van der Waals surface area contributed by atoms with Crippen LogP contribution in [0.3, 0.4) is 0 Å². The lowest BCUT2D eigenvalue weighted by Gasteiger charge is -2.21. The molecule has 0 radical (unpaired) electrons. The Morgan fingerprint density at radius 1 is 1.13 bits per heavy atom.